The van der Waals surface area contributed by atoms with Gasteiger partial charge < -0.3 is 10.4 Å². The maximum Gasteiger partial charge on any atom is 0.251 e. The number of hydrogen-bond acceptors (Lipinski definition) is 2. The lowest BCUT2D eigenvalue weighted by Crippen LogP contribution is -2.42. The molecule has 1 aliphatic rings. The van der Waals surface area contributed by atoms with Crippen LogP contribution in [0.1, 0.15) is 53.6 Å². The van der Waals surface area contributed by atoms with Gasteiger partial charge in [0, 0.05) is 5.56 Å². The predicted octanol–water partition coefficient (Wildman–Crippen LogP) is 2.73. The van der Waals surface area contributed by atoms with Gasteiger partial charge in [0.25, 0.3) is 5.91 Å². The van der Waals surface area contributed by atoms with Crippen LogP contribution in [-0.4, -0.2) is 23.2 Å². The molecule has 0 radical (unpaired) electrons. The van der Waals surface area contributed by atoms with Crippen molar-refractivity contribution >= 4 is 5.91 Å². The molecule has 1 aromatic carbocycles. The molecule has 0 spiro atoms. The Balaban J connectivity index is 2.05. The van der Waals surface area contributed by atoms with Gasteiger partial charge in [-0.05, 0) is 49.9 Å². The van der Waals surface area contributed by atoms with Crippen LogP contribution in [0.5, 0.6) is 0 Å². The van der Waals surface area contributed by atoms with Crippen molar-refractivity contribution in [1.29, 1.82) is 0 Å². The van der Waals surface area contributed by atoms with Gasteiger partial charge in [0.1, 0.15) is 0 Å². The molecule has 0 aromatic heterocycles. The van der Waals surface area contributed by atoms with Crippen molar-refractivity contribution in [2.75, 3.05) is 0 Å². The first-order valence-electron chi connectivity index (χ1n) is 7.14. The molecular weight excluding hydrogens is 238 g/mol. The Morgan fingerprint density at radius 3 is 2.63 bits per heavy atom. The SMILES string of the molecule is Cc1ccc(C(=O)NC2CCCCCC2O)cc1C. The van der Waals surface area contributed by atoms with E-state index in [0.717, 1.165) is 37.7 Å². The molecular formula is C16H23NO2. The third-order valence-corrected chi connectivity index (χ3v) is 4.07. The Hall–Kier alpha value is -1.35. The van der Waals surface area contributed by atoms with E-state index in [1.165, 1.54) is 5.56 Å². The van der Waals surface area contributed by atoms with E-state index in [0.29, 0.717) is 5.56 Å². The summed E-state index contributed by atoms with van der Waals surface area (Å²) in [7, 11) is 0. The molecule has 1 fully saturated rings. The van der Waals surface area contributed by atoms with Crippen LogP contribution >= 0.6 is 0 Å². The highest BCUT2D eigenvalue weighted by Gasteiger charge is 2.23. The zero-order valence-corrected chi connectivity index (χ0v) is 11.8. The highest BCUT2D eigenvalue weighted by Crippen LogP contribution is 2.19. The fourth-order valence-electron chi connectivity index (χ4n) is 2.59. The van der Waals surface area contributed by atoms with Crippen LogP contribution in [0.4, 0.5) is 0 Å². The number of nitrogens with one attached hydrogen (secondary N) is 1. The van der Waals surface area contributed by atoms with Crippen LogP contribution in [0.25, 0.3) is 0 Å². The fourth-order valence-corrected chi connectivity index (χ4v) is 2.59. The molecule has 1 amide bonds. The predicted molar refractivity (Wildman–Crippen MR) is 76.3 cm³/mol. The minimum atomic E-state index is -0.405. The summed E-state index contributed by atoms with van der Waals surface area (Å²) in [5.74, 6) is -0.0750. The molecule has 0 heterocycles. The minimum Gasteiger partial charge on any atom is -0.391 e. The van der Waals surface area contributed by atoms with Gasteiger partial charge in [-0.1, -0.05) is 25.3 Å². The highest BCUT2D eigenvalue weighted by atomic mass is 16.3. The molecule has 0 saturated heterocycles. The van der Waals surface area contributed by atoms with Gasteiger partial charge in [-0.25, -0.2) is 0 Å². The second-order valence-corrected chi connectivity index (χ2v) is 5.58. The monoisotopic (exact) mass is 261 g/mol. The van der Waals surface area contributed by atoms with E-state index >= 15 is 0 Å². The Kier molecular flexibility index (Phi) is 4.59. The Bertz CT molecular complexity index is 456. The maximum absolute atomic E-state index is 12.2. The first kappa shape index (κ1) is 14.1. The van der Waals surface area contributed by atoms with Crippen LogP contribution in [0.15, 0.2) is 18.2 Å². The Morgan fingerprint density at radius 2 is 1.89 bits per heavy atom. The third kappa shape index (κ3) is 3.57. The van der Waals surface area contributed by atoms with Gasteiger partial charge in [-0.15, -0.1) is 0 Å². The largest absolute Gasteiger partial charge is 0.391 e. The van der Waals surface area contributed by atoms with Gasteiger partial charge in [0.15, 0.2) is 0 Å². The van der Waals surface area contributed by atoms with Gasteiger partial charge in [0.2, 0.25) is 0 Å². The molecule has 2 rings (SSSR count). The van der Waals surface area contributed by atoms with E-state index in [1.54, 1.807) is 0 Å². The van der Waals surface area contributed by atoms with Crippen molar-refractivity contribution in [1.82, 2.24) is 5.32 Å². The second kappa shape index (κ2) is 6.20. The number of aryl methyl sites for hydroxylation is 2. The van der Waals surface area contributed by atoms with Crippen molar-refractivity contribution in [3.05, 3.63) is 34.9 Å². The summed E-state index contributed by atoms with van der Waals surface area (Å²) in [6.07, 6.45) is 4.53. The average molecular weight is 261 g/mol. The van der Waals surface area contributed by atoms with E-state index in [2.05, 4.69) is 5.32 Å². The number of carbonyl (C=O) groups excluding carboxylic acids is 1. The van der Waals surface area contributed by atoms with Crippen LogP contribution in [-0.2, 0) is 0 Å². The van der Waals surface area contributed by atoms with Crippen molar-refractivity contribution in [2.24, 2.45) is 0 Å². The van der Waals surface area contributed by atoms with Crippen LogP contribution in [0, 0.1) is 13.8 Å². The summed E-state index contributed by atoms with van der Waals surface area (Å²) in [5.41, 5.74) is 2.99. The molecule has 2 N–H and O–H groups in total. The van der Waals surface area contributed by atoms with Crippen molar-refractivity contribution in [2.45, 2.75) is 58.1 Å². The number of aliphatic hydroxyl groups is 1. The summed E-state index contributed by atoms with van der Waals surface area (Å²) in [6.45, 7) is 4.04. The van der Waals surface area contributed by atoms with Crippen LogP contribution < -0.4 is 5.32 Å². The van der Waals surface area contributed by atoms with Crippen molar-refractivity contribution in [3.63, 3.8) is 0 Å². The Labute approximate surface area is 115 Å². The molecule has 2 atom stereocenters. The smallest absolute Gasteiger partial charge is 0.251 e. The summed E-state index contributed by atoms with van der Waals surface area (Å²) in [5, 5.41) is 13.0. The highest BCUT2D eigenvalue weighted by molar-refractivity contribution is 5.94. The van der Waals surface area contributed by atoms with Gasteiger partial charge in [-0.2, -0.15) is 0 Å². The van der Waals surface area contributed by atoms with Crippen molar-refractivity contribution < 1.29 is 9.90 Å². The van der Waals surface area contributed by atoms with E-state index in [1.807, 2.05) is 32.0 Å². The van der Waals surface area contributed by atoms with E-state index < -0.39 is 6.10 Å². The van der Waals surface area contributed by atoms with Crippen LogP contribution in [0.3, 0.4) is 0 Å². The van der Waals surface area contributed by atoms with E-state index in [4.69, 9.17) is 0 Å². The first-order chi connectivity index (χ1) is 9.08. The molecule has 104 valence electrons. The lowest BCUT2D eigenvalue weighted by Gasteiger charge is -2.22. The molecule has 3 heteroatoms. The zero-order chi connectivity index (χ0) is 13.8. The number of benzene rings is 1. The van der Waals surface area contributed by atoms with E-state index in [-0.39, 0.29) is 11.9 Å². The van der Waals surface area contributed by atoms with E-state index in [9.17, 15) is 9.90 Å². The third-order valence-electron chi connectivity index (χ3n) is 4.07. The molecule has 1 aliphatic carbocycles. The van der Waals surface area contributed by atoms with Crippen LogP contribution in [0.2, 0.25) is 0 Å². The van der Waals surface area contributed by atoms with Crippen molar-refractivity contribution in [3.8, 4) is 0 Å². The number of carbonyl (C=O) groups is 1. The Morgan fingerprint density at radius 1 is 1.16 bits per heavy atom. The average Bonchev–Trinajstić information content (AvgIpc) is 2.58. The first-order valence-corrected chi connectivity index (χ1v) is 7.14. The number of hydrogen-bond donors (Lipinski definition) is 2. The summed E-state index contributed by atoms with van der Waals surface area (Å²) >= 11 is 0. The standard InChI is InChI=1S/C16H23NO2/c1-11-8-9-13(10-12(11)2)16(19)17-14-6-4-3-5-7-15(14)18/h8-10,14-15,18H,3-7H2,1-2H3,(H,17,19). The normalized spacial score (nSPS) is 23.7. The molecule has 19 heavy (non-hydrogen) atoms. The minimum absolute atomic E-state index is 0.0750. The molecule has 2 unspecified atom stereocenters. The number of aliphatic hydroxyl groups excluding tert-OH is 1. The molecule has 1 aromatic rings. The van der Waals surface area contributed by atoms with Gasteiger partial charge in [0.05, 0.1) is 12.1 Å². The zero-order valence-electron chi connectivity index (χ0n) is 11.8. The number of amides is 1. The maximum atomic E-state index is 12.2. The lowest BCUT2D eigenvalue weighted by atomic mass is 10.0. The van der Waals surface area contributed by atoms with Gasteiger partial charge >= 0.3 is 0 Å². The topological polar surface area (TPSA) is 49.3 Å². The fraction of sp³-hybridized carbons (Fsp3) is 0.562. The molecule has 0 bridgehead atoms. The molecule has 3 nitrogen and oxygen atoms in total. The molecule has 0 aliphatic heterocycles. The second-order valence-electron chi connectivity index (χ2n) is 5.58. The summed E-state index contributed by atoms with van der Waals surface area (Å²) in [4.78, 5) is 12.2. The number of rotatable bonds is 2. The lowest BCUT2D eigenvalue weighted by molar-refractivity contribution is 0.0818. The summed E-state index contributed by atoms with van der Waals surface area (Å²) < 4.78 is 0. The summed E-state index contributed by atoms with van der Waals surface area (Å²) in [6, 6.07) is 5.62. The van der Waals surface area contributed by atoms with Gasteiger partial charge in [-0.3, -0.25) is 4.79 Å². The quantitative estimate of drug-likeness (QED) is 0.804. The molecule has 1 saturated carbocycles.